The summed E-state index contributed by atoms with van der Waals surface area (Å²) in [6.45, 7) is 4.51. The highest BCUT2D eigenvalue weighted by molar-refractivity contribution is 9.10. The summed E-state index contributed by atoms with van der Waals surface area (Å²) in [5, 5.41) is 0. The average molecular weight is 263 g/mol. The van der Waals surface area contributed by atoms with Crippen LogP contribution >= 0.6 is 15.9 Å². The fourth-order valence-electron chi connectivity index (χ4n) is 1.48. The van der Waals surface area contributed by atoms with Gasteiger partial charge in [0.25, 0.3) is 0 Å². The van der Waals surface area contributed by atoms with Crippen molar-refractivity contribution in [3.63, 3.8) is 0 Å². The van der Waals surface area contributed by atoms with Gasteiger partial charge in [0.1, 0.15) is 5.82 Å². The Hall–Kier alpha value is -1.35. The van der Waals surface area contributed by atoms with E-state index in [1.807, 2.05) is 36.5 Å². The summed E-state index contributed by atoms with van der Waals surface area (Å²) in [7, 11) is 0. The monoisotopic (exact) mass is 262 g/mol. The number of aromatic nitrogens is 2. The van der Waals surface area contributed by atoms with E-state index in [0.717, 1.165) is 22.4 Å². The molecule has 2 aromatic rings. The van der Waals surface area contributed by atoms with Gasteiger partial charge in [-0.1, -0.05) is 40.2 Å². The highest BCUT2D eigenvalue weighted by atomic mass is 79.9. The van der Waals surface area contributed by atoms with Crippen molar-refractivity contribution in [2.24, 2.45) is 0 Å². The van der Waals surface area contributed by atoms with Crippen LogP contribution in [0.15, 0.2) is 53.8 Å². The maximum absolute atomic E-state index is 4.35. The smallest absolute Gasteiger partial charge is 0.141 e. The maximum atomic E-state index is 4.35. The second kappa shape index (κ2) is 4.45. The summed E-state index contributed by atoms with van der Waals surface area (Å²) < 4.78 is 3.12. The van der Waals surface area contributed by atoms with Gasteiger partial charge in [-0.25, -0.2) is 4.98 Å². The molecule has 0 aliphatic heterocycles. The van der Waals surface area contributed by atoms with Crippen molar-refractivity contribution in [2.45, 2.75) is 6.54 Å². The normalized spacial score (nSPS) is 10.2. The molecule has 1 aromatic heterocycles. The van der Waals surface area contributed by atoms with Gasteiger partial charge in [0.05, 0.1) is 0 Å². The van der Waals surface area contributed by atoms with Crippen LogP contribution in [0, 0.1) is 0 Å². The zero-order valence-corrected chi connectivity index (χ0v) is 9.81. The Balaban J connectivity index is 2.49. The van der Waals surface area contributed by atoms with Gasteiger partial charge >= 0.3 is 0 Å². The molecule has 76 valence electrons. The van der Waals surface area contributed by atoms with E-state index in [9.17, 15) is 0 Å². The largest absolute Gasteiger partial charge is 0.327 e. The number of hydrogen-bond acceptors (Lipinski definition) is 1. The van der Waals surface area contributed by atoms with Gasteiger partial charge in [0.2, 0.25) is 0 Å². The van der Waals surface area contributed by atoms with E-state index in [1.54, 1.807) is 6.20 Å². The van der Waals surface area contributed by atoms with Crippen molar-refractivity contribution in [3.8, 4) is 11.4 Å². The van der Waals surface area contributed by atoms with Crippen molar-refractivity contribution in [2.75, 3.05) is 0 Å². The molecule has 0 spiro atoms. The Morgan fingerprint density at radius 3 is 2.93 bits per heavy atom. The molecule has 0 saturated heterocycles. The summed E-state index contributed by atoms with van der Waals surface area (Å²) in [4.78, 5) is 4.35. The van der Waals surface area contributed by atoms with Crippen LogP contribution in [0.1, 0.15) is 0 Å². The van der Waals surface area contributed by atoms with Crippen LogP contribution in [0.3, 0.4) is 0 Å². The number of rotatable bonds is 3. The molecule has 0 aliphatic carbocycles. The number of allylic oxidation sites excluding steroid dienone is 1. The lowest BCUT2D eigenvalue weighted by molar-refractivity contribution is 0.832. The van der Waals surface area contributed by atoms with Gasteiger partial charge < -0.3 is 4.57 Å². The predicted molar refractivity (Wildman–Crippen MR) is 65.6 cm³/mol. The molecule has 0 radical (unpaired) electrons. The number of halogens is 1. The fraction of sp³-hybridized carbons (Fsp3) is 0.0833. The summed E-state index contributed by atoms with van der Waals surface area (Å²) in [6.07, 6.45) is 5.62. The lowest BCUT2D eigenvalue weighted by atomic mass is 10.2. The predicted octanol–water partition coefficient (Wildman–Crippen LogP) is 3.50. The Morgan fingerprint density at radius 2 is 2.20 bits per heavy atom. The van der Waals surface area contributed by atoms with Crippen molar-refractivity contribution < 1.29 is 0 Å². The lowest BCUT2D eigenvalue weighted by Crippen LogP contribution is -1.97. The highest BCUT2D eigenvalue weighted by Crippen LogP contribution is 2.26. The van der Waals surface area contributed by atoms with Crippen LogP contribution in [0.2, 0.25) is 0 Å². The van der Waals surface area contributed by atoms with Crippen LogP contribution in [0.5, 0.6) is 0 Å². The van der Waals surface area contributed by atoms with Crippen LogP contribution in [-0.4, -0.2) is 9.55 Å². The molecular formula is C12H11BrN2. The second-order valence-electron chi connectivity index (χ2n) is 3.17. The molecule has 0 amide bonds. The molecule has 0 fully saturated rings. The van der Waals surface area contributed by atoms with Gasteiger partial charge in [-0.2, -0.15) is 0 Å². The topological polar surface area (TPSA) is 17.8 Å². The molecule has 0 bridgehead atoms. The van der Waals surface area contributed by atoms with Crippen molar-refractivity contribution in [3.05, 3.63) is 53.8 Å². The van der Waals surface area contributed by atoms with Crippen molar-refractivity contribution in [1.29, 1.82) is 0 Å². The summed E-state index contributed by atoms with van der Waals surface area (Å²) in [5.41, 5.74) is 1.10. The van der Waals surface area contributed by atoms with E-state index in [1.165, 1.54) is 0 Å². The standard InChI is InChI=1S/C12H11BrN2/c1-2-8-15-9-7-14-12(15)10-5-3-4-6-11(10)13/h2-7,9H,1,8H2. The number of hydrogen-bond donors (Lipinski definition) is 0. The third-order valence-electron chi connectivity index (χ3n) is 2.16. The average Bonchev–Trinajstić information content (AvgIpc) is 2.67. The molecule has 0 atom stereocenters. The Morgan fingerprint density at radius 1 is 1.40 bits per heavy atom. The molecule has 1 aromatic carbocycles. The van der Waals surface area contributed by atoms with Gasteiger partial charge in [-0.05, 0) is 6.07 Å². The van der Waals surface area contributed by atoms with Crippen molar-refractivity contribution in [1.82, 2.24) is 9.55 Å². The number of imidazole rings is 1. The third-order valence-corrected chi connectivity index (χ3v) is 2.85. The Bertz CT molecular complexity index is 474. The number of benzene rings is 1. The summed E-state index contributed by atoms with van der Waals surface area (Å²) >= 11 is 3.52. The second-order valence-corrected chi connectivity index (χ2v) is 4.03. The van der Waals surface area contributed by atoms with Gasteiger partial charge in [0.15, 0.2) is 0 Å². The molecular weight excluding hydrogens is 252 g/mol. The quantitative estimate of drug-likeness (QED) is 0.775. The minimum Gasteiger partial charge on any atom is -0.327 e. The minimum absolute atomic E-state index is 0.774. The Kier molecular flexibility index (Phi) is 3.02. The first-order valence-corrected chi connectivity index (χ1v) is 5.49. The van der Waals surface area contributed by atoms with E-state index in [-0.39, 0.29) is 0 Å². The van der Waals surface area contributed by atoms with E-state index >= 15 is 0 Å². The minimum atomic E-state index is 0.774. The molecule has 0 aliphatic rings. The molecule has 0 saturated carbocycles. The lowest BCUT2D eigenvalue weighted by Gasteiger charge is -2.06. The van der Waals surface area contributed by atoms with Gasteiger partial charge in [0, 0.05) is 29.0 Å². The van der Waals surface area contributed by atoms with Crippen LogP contribution in [-0.2, 0) is 6.54 Å². The maximum Gasteiger partial charge on any atom is 0.141 e. The molecule has 2 rings (SSSR count). The van der Waals surface area contributed by atoms with Crippen LogP contribution in [0.25, 0.3) is 11.4 Å². The van der Waals surface area contributed by atoms with E-state index in [2.05, 4.69) is 32.1 Å². The van der Waals surface area contributed by atoms with Crippen LogP contribution < -0.4 is 0 Å². The summed E-state index contributed by atoms with van der Waals surface area (Å²) in [6, 6.07) is 8.07. The van der Waals surface area contributed by atoms with E-state index in [0.29, 0.717) is 0 Å². The molecule has 0 N–H and O–H groups in total. The molecule has 1 heterocycles. The zero-order valence-electron chi connectivity index (χ0n) is 8.23. The number of nitrogens with zero attached hydrogens (tertiary/aromatic N) is 2. The third kappa shape index (κ3) is 2.02. The first-order valence-electron chi connectivity index (χ1n) is 4.70. The molecule has 3 heteroatoms. The van der Waals surface area contributed by atoms with E-state index < -0.39 is 0 Å². The zero-order chi connectivity index (χ0) is 10.7. The van der Waals surface area contributed by atoms with Gasteiger partial charge in [-0.3, -0.25) is 0 Å². The molecule has 15 heavy (non-hydrogen) atoms. The fourth-order valence-corrected chi connectivity index (χ4v) is 1.94. The van der Waals surface area contributed by atoms with Crippen molar-refractivity contribution >= 4 is 15.9 Å². The van der Waals surface area contributed by atoms with Gasteiger partial charge in [-0.15, -0.1) is 6.58 Å². The highest BCUT2D eigenvalue weighted by Gasteiger charge is 2.07. The Labute approximate surface area is 97.4 Å². The SMILES string of the molecule is C=CCn1ccnc1-c1ccccc1Br. The first kappa shape index (κ1) is 10.2. The molecule has 2 nitrogen and oxygen atoms in total. The summed E-state index contributed by atoms with van der Waals surface area (Å²) in [5.74, 6) is 0.961. The van der Waals surface area contributed by atoms with E-state index in [4.69, 9.17) is 0 Å². The first-order chi connectivity index (χ1) is 7.33. The molecule has 0 unspecified atom stereocenters. The van der Waals surface area contributed by atoms with Crippen LogP contribution in [0.4, 0.5) is 0 Å².